The molecule has 2 aromatic carbocycles. The number of allylic oxidation sites excluding steroid dienone is 1. The SMILES string of the molecule is CN.CN=C(c1nnc(C)o1)[C@H](C)NC(=O)C(CCCCN)NC(CNC(=O)C(CCCCN)NC(=O)CNC(=O)c1ccc(-c2ccc(Cl)cc2)cc1)=C1CC1. The number of hydrogen-bond acceptors (Lipinski definition) is 12. The molecule has 1 saturated carbocycles. The predicted molar refractivity (Wildman–Crippen MR) is 222 cm³/mol. The molecule has 0 spiro atoms. The average molecular weight is 808 g/mol. The van der Waals surface area contributed by atoms with Crippen molar-refractivity contribution in [3.05, 3.63) is 82.2 Å². The molecule has 310 valence electrons. The highest BCUT2D eigenvalue weighted by Crippen LogP contribution is 2.31. The third kappa shape index (κ3) is 15.4. The molecule has 1 aliphatic rings. The smallest absolute Gasteiger partial charge is 0.263 e. The lowest BCUT2D eigenvalue weighted by Crippen LogP contribution is -2.52. The van der Waals surface area contributed by atoms with Crippen LogP contribution in [0.4, 0.5) is 0 Å². The minimum Gasteiger partial charge on any atom is -0.420 e. The number of amides is 4. The molecule has 1 heterocycles. The van der Waals surface area contributed by atoms with Crippen molar-refractivity contribution in [3.8, 4) is 11.1 Å². The number of nitrogens with two attached hydrogens (primary N) is 3. The maximum absolute atomic E-state index is 13.7. The molecule has 1 aliphatic carbocycles. The van der Waals surface area contributed by atoms with E-state index in [-0.39, 0.29) is 30.8 Å². The normalized spacial score (nSPS) is 13.6. The van der Waals surface area contributed by atoms with Crippen molar-refractivity contribution in [1.29, 1.82) is 0 Å². The van der Waals surface area contributed by atoms with Crippen LogP contribution < -0.4 is 43.8 Å². The summed E-state index contributed by atoms with van der Waals surface area (Å²) in [6, 6.07) is 12.4. The molecule has 17 heteroatoms. The van der Waals surface area contributed by atoms with Gasteiger partial charge in [-0.3, -0.25) is 24.2 Å². The molecule has 2 unspecified atom stereocenters. The largest absolute Gasteiger partial charge is 0.420 e. The first-order valence-corrected chi connectivity index (χ1v) is 19.6. The Bertz CT molecular complexity index is 1810. The summed E-state index contributed by atoms with van der Waals surface area (Å²) >= 11 is 5.99. The summed E-state index contributed by atoms with van der Waals surface area (Å²) in [5.74, 6) is -0.935. The number of rotatable bonds is 22. The lowest BCUT2D eigenvalue weighted by molar-refractivity contribution is -0.128. The van der Waals surface area contributed by atoms with Gasteiger partial charge in [0.1, 0.15) is 17.8 Å². The fourth-order valence-electron chi connectivity index (χ4n) is 5.90. The van der Waals surface area contributed by atoms with Gasteiger partial charge in [-0.2, -0.15) is 0 Å². The second kappa shape index (κ2) is 24.5. The van der Waals surface area contributed by atoms with Crippen LogP contribution in [0.2, 0.25) is 5.02 Å². The highest BCUT2D eigenvalue weighted by atomic mass is 35.5. The van der Waals surface area contributed by atoms with E-state index in [1.54, 1.807) is 45.2 Å². The molecule has 1 aromatic heterocycles. The highest BCUT2D eigenvalue weighted by molar-refractivity contribution is 6.30. The number of nitrogens with zero attached hydrogens (tertiary/aromatic N) is 3. The average Bonchev–Trinajstić information content (AvgIpc) is 3.98. The first-order valence-electron chi connectivity index (χ1n) is 19.3. The molecule has 4 rings (SSSR count). The van der Waals surface area contributed by atoms with Crippen molar-refractivity contribution in [2.75, 3.05) is 40.3 Å². The van der Waals surface area contributed by atoms with Gasteiger partial charge in [-0.05, 0) is 119 Å². The number of aliphatic imine (C=N–C) groups is 1. The number of aromatic nitrogens is 2. The van der Waals surface area contributed by atoms with Gasteiger partial charge in [-0.1, -0.05) is 35.9 Å². The number of benzene rings is 2. The second-order valence-electron chi connectivity index (χ2n) is 13.4. The molecule has 57 heavy (non-hydrogen) atoms. The number of aryl methyl sites for hydroxylation is 1. The molecular weight excluding hydrogens is 750 g/mol. The van der Waals surface area contributed by atoms with Gasteiger partial charge >= 0.3 is 0 Å². The summed E-state index contributed by atoms with van der Waals surface area (Å²) < 4.78 is 5.54. The summed E-state index contributed by atoms with van der Waals surface area (Å²) in [7, 11) is 3.10. The fraction of sp³-hybridized carbons (Fsp3) is 0.475. The van der Waals surface area contributed by atoms with E-state index in [1.807, 2.05) is 24.3 Å². The Kier molecular flexibility index (Phi) is 19.8. The molecule has 0 radical (unpaired) electrons. The van der Waals surface area contributed by atoms with Crippen LogP contribution in [0, 0.1) is 6.92 Å². The summed E-state index contributed by atoms with van der Waals surface area (Å²) in [6.45, 7) is 4.24. The van der Waals surface area contributed by atoms with Crippen LogP contribution in [0.1, 0.15) is 80.4 Å². The van der Waals surface area contributed by atoms with E-state index in [1.165, 1.54) is 7.05 Å². The van der Waals surface area contributed by atoms with Crippen LogP contribution in [-0.4, -0.2) is 97.9 Å². The van der Waals surface area contributed by atoms with Crippen molar-refractivity contribution >= 4 is 40.9 Å². The molecule has 1 fully saturated rings. The van der Waals surface area contributed by atoms with Crippen molar-refractivity contribution < 1.29 is 23.6 Å². The predicted octanol–water partition coefficient (Wildman–Crippen LogP) is 2.49. The van der Waals surface area contributed by atoms with Gasteiger partial charge in [0.2, 0.25) is 23.6 Å². The van der Waals surface area contributed by atoms with Crippen LogP contribution >= 0.6 is 11.6 Å². The van der Waals surface area contributed by atoms with Crippen LogP contribution in [0.25, 0.3) is 11.1 Å². The first kappa shape index (κ1) is 46.2. The Morgan fingerprint density at radius 2 is 1.37 bits per heavy atom. The van der Waals surface area contributed by atoms with Crippen molar-refractivity contribution in [3.63, 3.8) is 0 Å². The minimum atomic E-state index is -0.857. The van der Waals surface area contributed by atoms with Crippen molar-refractivity contribution in [1.82, 2.24) is 36.8 Å². The fourth-order valence-corrected chi connectivity index (χ4v) is 6.02. The zero-order chi connectivity index (χ0) is 41.7. The van der Waals surface area contributed by atoms with Crippen molar-refractivity contribution in [2.24, 2.45) is 22.2 Å². The third-order valence-electron chi connectivity index (χ3n) is 9.07. The number of carbonyl (C=O) groups is 4. The Morgan fingerprint density at radius 3 is 1.89 bits per heavy atom. The Hall–Kier alpha value is -5.16. The molecule has 0 bridgehead atoms. The topological polar surface area (TPSA) is 258 Å². The maximum atomic E-state index is 13.7. The van der Waals surface area contributed by atoms with E-state index >= 15 is 0 Å². The number of nitrogens with one attached hydrogen (secondary N) is 5. The zero-order valence-corrected chi connectivity index (χ0v) is 34.1. The van der Waals surface area contributed by atoms with Crippen LogP contribution in [0.15, 0.2) is 69.2 Å². The Labute approximate surface area is 339 Å². The lowest BCUT2D eigenvalue weighted by Gasteiger charge is -2.25. The first-order chi connectivity index (χ1) is 27.5. The van der Waals surface area contributed by atoms with Gasteiger partial charge in [-0.15, -0.1) is 10.2 Å². The molecule has 0 aliphatic heterocycles. The maximum Gasteiger partial charge on any atom is 0.263 e. The summed E-state index contributed by atoms with van der Waals surface area (Å²) in [5.41, 5.74) is 20.5. The molecule has 11 N–H and O–H groups in total. The number of unbranched alkanes of at least 4 members (excludes halogenated alkanes) is 2. The van der Waals surface area contributed by atoms with Crippen LogP contribution in [-0.2, 0) is 14.4 Å². The molecule has 3 atom stereocenters. The molecule has 4 amide bonds. The van der Waals surface area contributed by atoms with E-state index in [2.05, 4.69) is 47.5 Å². The molecule has 0 saturated heterocycles. The molecule has 3 aromatic rings. The Balaban J connectivity index is 0.00000428. The van der Waals surface area contributed by atoms with E-state index in [0.717, 1.165) is 41.7 Å². The second-order valence-corrected chi connectivity index (χ2v) is 13.9. The van der Waals surface area contributed by atoms with E-state index in [4.69, 9.17) is 27.5 Å². The summed E-state index contributed by atoms with van der Waals surface area (Å²) in [6.07, 6.45) is 5.29. The van der Waals surface area contributed by atoms with Gasteiger partial charge in [0.15, 0.2) is 0 Å². The lowest BCUT2D eigenvalue weighted by atomic mass is 10.0. The van der Waals surface area contributed by atoms with E-state index < -0.39 is 29.9 Å². The third-order valence-corrected chi connectivity index (χ3v) is 9.32. The van der Waals surface area contributed by atoms with Crippen LogP contribution in [0.5, 0.6) is 0 Å². The zero-order valence-electron chi connectivity index (χ0n) is 33.3. The van der Waals surface area contributed by atoms with Gasteiger partial charge < -0.3 is 48.2 Å². The van der Waals surface area contributed by atoms with Gasteiger partial charge in [-0.25, -0.2) is 0 Å². The molecule has 16 nitrogen and oxygen atoms in total. The Morgan fingerprint density at radius 1 is 0.789 bits per heavy atom. The van der Waals surface area contributed by atoms with E-state index in [9.17, 15) is 19.2 Å². The molecular formula is C40H58ClN11O5. The monoisotopic (exact) mass is 807 g/mol. The minimum absolute atomic E-state index is 0.138. The number of halogens is 1. The number of hydrogen-bond donors (Lipinski definition) is 8. The quantitative estimate of drug-likeness (QED) is 0.0541. The van der Waals surface area contributed by atoms with Gasteiger partial charge in [0.25, 0.3) is 11.8 Å². The van der Waals surface area contributed by atoms with Gasteiger partial charge in [0.05, 0.1) is 19.1 Å². The number of carbonyl (C=O) groups excluding carboxylic acids is 4. The summed E-state index contributed by atoms with van der Waals surface area (Å²) in [4.78, 5) is 57.3. The van der Waals surface area contributed by atoms with E-state index in [0.29, 0.717) is 67.4 Å². The van der Waals surface area contributed by atoms with Gasteiger partial charge in [0, 0.05) is 30.3 Å². The van der Waals surface area contributed by atoms with Crippen molar-refractivity contribution in [2.45, 2.75) is 83.3 Å². The summed E-state index contributed by atoms with van der Waals surface area (Å²) in [5, 5.41) is 23.3. The standard InChI is InChI=1S/C39H53ClN10O5.CH5N/c1-24(35(43-3)39-50-49-25(2)55-39)46-38(54)32(9-5-7-21-42)47-33(28-12-13-28)22-44-37(53)31(8-4-6-20-41)48-34(51)23-45-36(52)29-14-10-26(11-15-29)27-16-18-30(40)19-17-27;1-2/h10-11,14-19,24,31-32,47H,4-9,12-13,20-23,41-42H2,1-3H3,(H,44,53)(H,45,52)(H,46,54)(H,48,51);2H2,1H3/t24-,31?,32?;/m0./s1. The highest BCUT2D eigenvalue weighted by Gasteiger charge is 2.28. The van der Waals surface area contributed by atoms with Crippen LogP contribution in [0.3, 0.4) is 0 Å².